The average Bonchev–Trinajstić information content (AvgIpc) is 2.95. The Morgan fingerprint density at radius 2 is 2.14 bits per heavy atom. The van der Waals surface area contributed by atoms with E-state index in [-0.39, 0.29) is 5.56 Å². The fourth-order valence-electron chi connectivity index (χ4n) is 2.70. The Hall–Kier alpha value is -1.79. The highest BCUT2D eigenvalue weighted by Crippen LogP contribution is 2.21. The molecule has 0 radical (unpaired) electrons. The molecule has 6 heteroatoms. The van der Waals surface area contributed by atoms with Gasteiger partial charge in [-0.05, 0) is 12.5 Å². The summed E-state index contributed by atoms with van der Waals surface area (Å²) in [5.74, 6) is -0.645. The van der Waals surface area contributed by atoms with Gasteiger partial charge in [0, 0.05) is 43.6 Å². The fourth-order valence-corrected chi connectivity index (χ4v) is 2.70. The molecule has 1 aromatic heterocycles. The SMILES string of the molecule is NC(CCN1CCn2ccnc2C1)c1cccc(F)c1F. The van der Waals surface area contributed by atoms with Crippen LogP contribution in [0.15, 0.2) is 30.6 Å². The van der Waals surface area contributed by atoms with Crippen LogP contribution in [0.2, 0.25) is 0 Å². The molecular formula is C15H18F2N4. The third kappa shape index (κ3) is 2.96. The molecule has 0 fully saturated rings. The highest BCUT2D eigenvalue weighted by molar-refractivity contribution is 5.22. The smallest absolute Gasteiger partial charge is 0.163 e. The van der Waals surface area contributed by atoms with Crippen LogP contribution in [0.5, 0.6) is 0 Å². The summed E-state index contributed by atoms with van der Waals surface area (Å²) in [6.07, 6.45) is 4.36. The molecule has 1 aromatic carbocycles. The van der Waals surface area contributed by atoms with Crippen molar-refractivity contribution in [1.29, 1.82) is 0 Å². The maximum Gasteiger partial charge on any atom is 0.163 e. The van der Waals surface area contributed by atoms with E-state index in [1.54, 1.807) is 12.3 Å². The van der Waals surface area contributed by atoms with E-state index in [9.17, 15) is 8.78 Å². The molecular weight excluding hydrogens is 274 g/mol. The molecule has 2 aromatic rings. The zero-order valence-electron chi connectivity index (χ0n) is 11.7. The Labute approximate surface area is 122 Å². The van der Waals surface area contributed by atoms with Gasteiger partial charge >= 0.3 is 0 Å². The lowest BCUT2D eigenvalue weighted by Gasteiger charge is -2.28. The molecule has 1 aliphatic heterocycles. The largest absolute Gasteiger partial charge is 0.333 e. The quantitative estimate of drug-likeness (QED) is 0.938. The van der Waals surface area contributed by atoms with E-state index < -0.39 is 17.7 Å². The second kappa shape index (κ2) is 5.91. The van der Waals surface area contributed by atoms with Crippen LogP contribution in [0, 0.1) is 11.6 Å². The van der Waals surface area contributed by atoms with Gasteiger partial charge in [0.2, 0.25) is 0 Å². The minimum absolute atomic E-state index is 0.244. The molecule has 112 valence electrons. The van der Waals surface area contributed by atoms with Crippen molar-refractivity contribution in [2.45, 2.75) is 25.6 Å². The van der Waals surface area contributed by atoms with Gasteiger partial charge in [-0.3, -0.25) is 4.90 Å². The molecule has 0 bridgehead atoms. The molecule has 0 spiro atoms. The maximum absolute atomic E-state index is 13.7. The number of aromatic nitrogens is 2. The number of benzene rings is 1. The number of rotatable bonds is 4. The van der Waals surface area contributed by atoms with Crippen molar-refractivity contribution in [2.75, 3.05) is 13.1 Å². The Morgan fingerprint density at radius 1 is 1.29 bits per heavy atom. The standard InChI is InChI=1S/C15H18F2N4/c16-12-3-1-2-11(15(12)17)13(18)4-6-20-8-9-21-7-5-19-14(21)10-20/h1-3,5,7,13H,4,6,8-10,18H2. The van der Waals surface area contributed by atoms with E-state index in [2.05, 4.69) is 14.5 Å². The van der Waals surface area contributed by atoms with Crippen molar-refractivity contribution in [3.05, 3.63) is 53.6 Å². The van der Waals surface area contributed by atoms with Crippen molar-refractivity contribution >= 4 is 0 Å². The lowest BCUT2D eigenvalue weighted by atomic mass is 10.0. The van der Waals surface area contributed by atoms with Crippen molar-refractivity contribution < 1.29 is 8.78 Å². The molecule has 0 aliphatic carbocycles. The van der Waals surface area contributed by atoms with Crippen molar-refractivity contribution in [3.8, 4) is 0 Å². The molecule has 1 unspecified atom stereocenters. The predicted octanol–water partition coefficient (Wildman–Crippen LogP) is 2.07. The molecule has 4 nitrogen and oxygen atoms in total. The predicted molar refractivity (Wildman–Crippen MR) is 75.4 cm³/mol. The van der Waals surface area contributed by atoms with Crippen molar-refractivity contribution in [2.24, 2.45) is 5.73 Å². The first kappa shape index (κ1) is 14.2. The van der Waals surface area contributed by atoms with Crippen LogP contribution in [-0.2, 0) is 13.1 Å². The summed E-state index contributed by atoms with van der Waals surface area (Å²) in [4.78, 5) is 6.53. The Balaban J connectivity index is 1.59. The number of nitrogens with zero attached hydrogens (tertiary/aromatic N) is 3. The summed E-state index contributed by atoms with van der Waals surface area (Å²) in [5, 5.41) is 0. The lowest BCUT2D eigenvalue weighted by Crippen LogP contribution is -2.35. The normalized spacial score (nSPS) is 16.7. The van der Waals surface area contributed by atoms with Crippen LogP contribution in [0.3, 0.4) is 0 Å². The van der Waals surface area contributed by atoms with E-state index in [1.165, 1.54) is 6.07 Å². The maximum atomic E-state index is 13.7. The van der Waals surface area contributed by atoms with E-state index in [0.29, 0.717) is 6.42 Å². The number of hydrogen-bond acceptors (Lipinski definition) is 3. The van der Waals surface area contributed by atoms with Crippen LogP contribution >= 0.6 is 0 Å². The summed E-state index contributed by atoms with van der Waals surface area (Å²) in [5.41, 5.74) is 6.25. The molecule has 0 saturated heterocycles. The van der Waals surface area contributed by atoms with E-state index in [0.717, 1.165) is 38.1 Å². The van der Waals surface area contributed by atoms with Gasteiger partial charge in [-0.2, -0.15) is 0 Å². The van der Waals surface area contributed by atoms with E-state index >= 15 is 0 Å². The summed E-state index contributed by atoms with van der Waals surface area (Å²) in [6.45, 7) is 3.33. The van der Waals surface area contributed by atoms with E-state index in [1.807, 2.05) is 6.20 Å². The van der Waals surface area contributed by atoms with Gasteiger partial charge in [-0.1, -0.05) is 12.1 Å². The Kier molecular flexibility index (Phi) is 3.98. The second-order valence-corrected chi connectivity index (χ2v) is 5.35. The molecule has 21 heavy (non-hydrogen) atoms. The number of nitrogens with two attached hydrogens (primary N) is 1. The van der Waals surface area contributed by atoms with Crippen LogP contribution in [0.25, 0.3) is 0 Å². The molecule has 1 atom stereocenters. The molecule has 0 saturated carbocycles. The van der Waals surface area contributed by atoms with Gasteiger partial charge in [0.1, 0.15) is 5.82 Å². The van der Waals surface area contributed by atoms with Crippen molar-refractivity contribution in [1.82, 2.24) is 14.5 Å². The van der Waals surface area contributed by atoms with Gasteiger partial charge in [0.25, 0.3) is 0 Å². The topological polar surface area (TPSA) is 47.1 Å². The summed E-state index contributed by atoms with van der Waals surface area (Å²) in [6, 6.07) is 3.65. The average molecular weight is 292 g/mol. The van der Waals surface area contributed by atoms with E-state index in [4.69, 9.17) is 5.73 Å². The Bertz CT molecular complexity index is 626. The van der Waals surface area contributed by atoms with Crippen LogP contribution in [0.4, 0.5) is 8.78 Å². The summed E-state index contributed by atoms with van der Waals surface area (Å²) < 4.78 is 29.0. The number of fused-ring (bicyclic) bond motifs is 1. The third-order valence-electron chi connectivity index (χ3n) is 3.96. The summed E-state index contributed by atoms with van der Waals surface area (Å²) >= 11 is 0. The first-order chi connectivity index (χ1) is 10.1. The van der Waals surface area contributed by atoms with Gasteiger partial charge in [0.15, 0.2) is 11.6 Å². The lowest BCUT2D eigenvalue weighted by molar-refractivity contribution is 0.209. The highest BCUT2D eigenvalue weighted by atomic mass is 19.2. The minimum atomic E-state index is -0.844. The zero-order valence-corrected chi connectivity index (χ0v) is 11.7. The summed E-state index contributed by atoms with van der Waals surface area (Å²) in [7, 11) is 0. The van der Waals surface area contributed by atoms with Crippen molar-refractivity contribution in [3.63, 3.8) is 0 Å². The molecule has 1 aliphatic rings. The number of halogens is 2. The zero-order chi connectivity index (χ0) is 14.8. The first-order valence-corrected chi connectivity index (χ1v) is 7.07. The monoisotopic (exact) mass is 292 g/mol. The highest BCUT2D eigenvalue weighted by Gasteiger charge is 2.19. The molecule has 2 N–H and O–H groups in total. The van der Waals surface area contributed by atoms with Crippen LogP contribution in [-0.4, -0.2) is 27.5 Å². The van der Waals surface area contributed by atoms with Gasteiger partial charge in [-0.15, -0.1) is 0 Å². The number of imidazole rings is 1. The minimum Gasteiger partial charge on any atom is -0.333 e. The van der Waals surface area contributed by atoms with Gasteiger partial charge < -0.3 is 10.3 Å². The Morgan fingerprint density at radius 3 is 3.00 bits per heavy atom. The molecule has 3 rings (SSSR count). The molecule has 0 amide bonds. The van der Waals surface area contributed by atoms with Crippen LogP contribution < -0.4 is 5.73 Å². The third-order valence-corrected chi connectivity index (χ3v) is 3.96. The fraction of sp³-hybridized carbons (Fsp3) is 0.400. The van der Waals surface area contributed by atoms with Gasteiger partial charge in [-0.25, -0.2) is 13.8 Å². The van der Waals surface area contributed by atoms with Gasteiger partial charge in [0.05, 0.1) is 6.54 Å². The first-order valence-electron chi connectivity index (χ1n) is 7.07. The van der Waals surface area contributed by atoms with Crippen LogP contribution in [0.1, 0.15) is 23.9 Å². The number of hydrogen-bond donors (Lipinski definition) is 1. The second-order valence-electron chi connectivity index (χ2n) is 5.35. The molecule has 2 heterocycles.